The standard InChI is InChI=1S/C10H9NO2S/c1-6-4-2-3-5-7(6)8-9(12)11-10(13)14-8/h2-5,12H,1H3,(H,11,13). The Bertz CT molecular complexity index is 513. The molecule has 0 aliphatic heterocycles. The third-order valence-corrected chi connectivity index (χ3v) is 2.92. The summed E-state index contributed by atoms with van der Waals surface area (Å²) in [5.74, 6) is -0.0469. The lowest BCUT2D eigenvalue weighted by Gasteiger charge is -2.01. The molecular formula is C10H9NO2S. The minimum atomic E-state index is -0.235. The van der Waals surface area contributed by atoms with Crippen LogP contribution < -0.4 is 4.87 Å². The summed E-state index contributed by atoms with van der Waals surface area (Å²) in [5.41, 5.74) is 1.94. The number of nitrogens with one attached hydrogen (secondary N) is 1. The highest BCUT2D eigenvalue weighted by atomic mass is 32.1. The Balaban J connectivity index is 2.66. The van der Waals surface area contributed by atoms with Gasteiger partial charge in [-0.25, -0.2) is 0 Å². The molecule has 1 heterocycles. The summed E-state index contributed by atoms with van der Waals surface area (Å²) in [5, 5.41) is 9.46. The molecule has 0 saturated heterocycles. The third kappa shape index (κ3) is 1.44. The molecule has 2 N–H and O–H groups in total. The van der Waals surface area contributed by atoms with E-state index in [0.717, 1.165) is 22.5 Å². The number of aromatic hydroxyl groups is 1. The van der Waals surface area contributed by atoms with Crippen molar-refractivity contribution in [3.8, 4) is 16.3 Å². The predicted octanol–water partition coefficient (Wildman–Crippen LogP) is 2.12. The highest BCUT2D eigenvalue weighted by Crippen LogP contribution is 2.31. The van der Waals surface area contributed by atoms with Gasteiger partial charge in [-0.05, 0) is 12.5 Å². The molecule has 4 heteroatoms. The number of hydrogen-bond donors (Lipinski definition) is 2. The van der Waals surface area contributed by atoms with Crippen LogP contribution in [-0.4, -0.2) is 10.1 Å². The lowest BCUT2D eigenvalue weighted by Crippen LogP contribution is -1.89. The van der Waals surface area contributed by atoms with Crippen molar-refractivity contribution in [2.24, 2.45) is 0 Å². The summed E-state index contributed by atoms with van der Waals surface area (Å²) >= 11 is 1.02. The Morgan fingerprint density at radius 1 is 1.36 bits per heavy atom. The lowest BCUT2D eigenvalue weighted by molar-refractivity contribution is 0.458. The van der Waals surface area contributed by atoms with Gasteiger partial charge in [0.2, 0.25) is 5.88 Å². The van der Waals surface area contributed by atoms with Crippen LogP contribution in [0.2, 0.25) is 0 Å². The number of aryl methyl sites for hydroxylation is 1. The van der Waals surface area contributed by atoms with Crippen LogP contribution in [0.25, 0.3) is 10.4 Å². The van der Waals surface area contributed by atoms with Crippen LogP contribution in [0.15, 0.2) is 29.1 Å². The summed E-state index contributed by atoms with van der Waals surface area (Å²) < 4.78 is 0. The smallest absolute Gasteiger partial charge is 0.307 e. The number of H-pyrrole nitrogens is 1. The molecule has 0 amide bonds. The summed E-state index contributed by atoms with van der Waals surface area (Å²) in [7, 11) is 0. The van der Waals surface area contributed by atoms with Gasteiger partial charge < -0.3 is 5.11 Å². The van der Waals surface area contributed by atoms with Gasteiger partial charge in [0.05, 0.1) is 4.88 Å². The molecule has 0 saturated carbocycles. The van der Waals surface area contributed by atoms with Gasteiger partial charge in [-0.15, -0.1) is 0 Å². The van der Waals surface area contributed by atoms with E-state index in [2.05, 4.69) is 4.98 Å². The number of rotatable bonds is 1. The first kappa shape index (κ1) is 9.02. The Labute approximate surface area is 84.7 Å². The fraction of sp³-hybridized carbons (Fsp3) is 0.100. The maximum absolute atomic E-state index is 11.0. The fourth-order valence-corrected chi connectivity index (χ4v) is 2.15. The second-order valence-corrected chi connectivity index (χ2v) is 3.99. The Morgan fingerprint density at radius 3 is 2.64 bits per heavy atom. The first-order valence-electron chi connectivity index (χ1n) is 4.16. The molecule has 0 radical (unpaired) electrons. The van der Waals surface area contributed by atoms with Crippen molar-refractivity contribution in [3.63, 3.8) is 0 Å². The molecule has 14 heavy (non-hydrogen) atoms. The minimum Gasteiger partial charge on any atom is -0.493 e. The number of benzene rings is 1. The zero-order valence-corrected chi connectivity index (χ0v) is 8.39. The third-order valence-electron chi connectivity index (χ3n) is 2.02. The monoisotopic (exact) mass is 207 g/mol. The van der Waals surface area contributed by atoms with Gasteiger partial charge in [0.25, 0.3) is 0 Å². The summed E-state index contributed by atoms with van der Waals surface area (Å²) in [6.07, 6.45) is 0. The van der Waals surface area contributed by atoms with Gasteiger partial charge in [0, 0.05) is 5.56 Å². The van der Waals surface area contributed by atoms with E-state index in [9.17, 15) is 9.90 Å². The van der Waals surface area contributed by atoms with E-state index in [1.165, 1.54) is 0 Å². The topological polar surface area (TPSA) is 53.1 Å². The van der Waals surface area contributed by atoms with Crippen LogP contribution in [-0.2, 0) is 0 Å². The molecule has 0 spiro atoms. The number of aromatic nitrogens is 1. The molecule has 0 bridgehead atoms. The van der Waals surface area contributed by atoms with Gasteiger partial charge >= 0.3 is 4.87 Å². The normalized spacial score (nSPS) is 10.4. The highest BCUT2D eigenvalue weighted by Gasteiger charge is 2.10. The second kappa shape index (κ2) is 3.31. The van der Waals surface area contributed by atoms with Crippen LogP contribution >= 0.6 is 11.3 Å². The molecule has 0 unspecified atom stereocenters. The maximum Gasteiger partial charge on any atom is 0.307 e. The Kier molecular flexibility index (Phi) is 2.13. The van der Waals surface area contributed by atoms with Crippen LogP contribution in [0.3, 0.4) is 0 Å². The maximum atomic E-state index is 11.0. The fourth-order valence-electron chi connectivity index (χ4n) is 1.33. The van der Waals surface area contributed by atoms with Gasteiger partial charge in [0.15, 0.2) is 0 Å². The molecular weight excluding hydrogens is 198 g/mol. The molecule has 0 aliphatic rings. The highest BCUT2D eigenvalue weighted by molar-refractivity contribution is 7.13. The van der Waals surface area contributed by atoms with Crippen molar-refractivity contribution in [1.82, 2.24) is 4.98 Å². The molecule has 0 aliphatic carbocycles. The summed E-state index contributed by atoms with van der Waals surface area (Å²) in [6.45, 7) is 1.94. The molecule has 1 aromatic heterocycles. The number of thiazole rings is 1. The zero-order valence-electron chi connectivity index (χ0n) is 7.57. The minimum absolute atomic E-state index is 0.0469. The van der Waals surface area contributed by atoms with Crippen LogP contribution in [0.1, 0.15) is 5.56 Å². The van der Waals surface area contributed by atoms with Crippen molar-refractivity contribution < 1.29 is 5.11 Å². The Hall–Kier alpha value is -1.55. The van der Waals surface area contributed by atoms with Crippen molar-refractivity contribution >= 4 is 11.3 Å². The van der Waals surface area contributed by atoms with E-state index in [-0.39, 0.29) is 10.8 Å². The van der Waals surface area contributed by atoms with Gasteiger partial charge in [-0.2, -0.15) is 0 Å². The molecule has 2 rings (SSSR count). The summed E-state index contributed by atoms with van der Waals surface area (Å²) in [6, 6.07) is 7.63. The van der Waals surface area contributed by atoms with E-state index < -0.39 is 0 Å². The molecule has 72 valence electrons. The van der Waals surface area contributed by atoms with E-state index in [4.69, 9.17) is 0 Å². The molecule has 1 aromatic carbocycles. The average Bonchev–Trinajstić information content (AvgIpc) is 2.46. The summed E-state index contributed by atoms with van der Waals surface area (Å²) in [4.78, 5) is 13.7. The van der Waals surface area contributed by atoms with Crippen LogP contribution in [0.5, 0.6) is 5.88 Å². The van der Waals surface area contributed by atoms with Crippen molar-refractivity contribution in [1.29, 1.82) is 0 Å². The molecule has 2 aromatic rings. The molecule has 0 fully saturated rings. The first-order valence-corrected chi connectivity index (χ1v) is 4.98. The number of hydrogen-bond acceptors (Lipinski definition) is 3. The predicted molar refractivity (Wildman–Crippen MR) is 56.8 cm³/mol. The van der Waals surface area contributed by atoms with Crippen molar-refractivity contribution in [3.05, 3.63) is 39.5 Å². The van der Waals surface area contributed by atoms with Gasteiger partial charge in [-0.3, -0.25) is 9.78 Å². The van der Waals surface area contributed by atoms with Gasteiger partial charge in [-0.1, -0.05) is 35.6 Å². The Morgan fingerprint density at radius 2 is 2.07 bits per heavy atom. The quantitative estimate of drug-likeness (QED) is 0.752. The van der Waals surface area contributed by atoms with Crippen molar-refractivity contribution in [2.75, 3.05) is 0 Å². The SMILES string of the molecule is Cc1ccccc1-c1sc(=O)[nH]c1O. The zero-order chi connectivity index (χ0) is 10.1. The van der Waals surface area contributed by atoms with E-state index in [1.807, 2.05) is 31.2 Å². The second-order valence-electron chi connectivity index (χ2n) is 3.01. The van der Waals surface area contributed by atoms with E-state index in [1.54, 1.807) is 0 Å². The van der Waals surface area contributed by atoms with E-state index in [0.29, 0.717) is 4.88 Å². The molecule has 3 nitrogen and oxygen atoms in total. The average molecular weight is 207 g/mol. The van der Waals surface area contributed by atoms with Crippen LogP contribution in [0, 0.1) is 6.92 Å². The largest absolute Gasteiger partial charge is 0.493 e. The lowest BCUT2D eigenvalue weighted by atomic mass is 10.1. The molecule has 0 atom stereocenters. The van der Waals surface area contributed by atoms with Crippen LogP contribution in [0.4, 0.5) is 0 Å². The van der Waals surface area contributed by atoms with Crippen molar-refractivity contribution in [2.45, 2.75) is 6.92 Å². The van der Waals surface area contributed by atoms with Gasteiger partial charge in [0.1, 0.15) is 0 Å². The van der Waals surface area contributed by atoms with E-state index >= 15 is 0 Å². The first-order chi connectivity index (χ1) is 6.68. The number of aromatic amines is 1.